The van der Waals surface area contributed by atoms with Gasteiger partial charge in [-0.25, -0.2) is 15.0 Å². The minimum absolute atomic E-state index is 0.382. The average Bonchev–Trinajstić information content (AvgIpc) is 3.16. The van der Waals surface area contributed by atoms with E-state index in [0.29, 0.717) is 12.6 Å². The first-order chi connectivity index (χ1) is 14.1. The fourth-order valence-corrected chi connectivity index (χ4v) is 3.23. The van der Waals surface area contributed by atoms with Gasteiger partial charge in [-0.1, -0.05) is 19.9 Å². The third-order valence-corrected chi connectivity index (χ3v) is 5.03. The predicted octanol–water partition coefficient (Wildman–Crippen LogP) is 3.14. The number of hydrogen-bond donors (Lipinski definition) is 2. The lowest BCUT2D eigenvalue weighted by Gasteiger charge is -2.21. The Morgan fingerprint density at radius 2 is 2.00 bits per heavy atom. The van der Waals surface area contributed by atoms with Crippen LogP contribution in [-0.2, 0) is 6.54 Å². The second kappa shape index (κ2) is 12.2. The van der Waals surface area contributed by atoms with Crippen molar-refractivity contribution in [3.8, 4) is 5.82 Å². The third kappa shape index (κ3) is 7.49. The molecule has 0 aliphatic rings. The van der Waals surface area contributed by atoms with Crippen LogP contribution in [0.4, 0.5) is 0 Å². The van der Waals surface area contributed by atoms with Crippen LogP contribution in [0.1, 0.15) is 51.9 Å². The lowest BCUT2D eigenvalue weighted by Crippen LogP contribution is -2.42. The number of aliphatic imine (C=N–C) groups is 1. The van der Waals surface area contributed by atoms with Gasteiger partial charge in [-0.05, 0) is 64.9 Å². The Morgan fingerprint density at radius 3 is 2.59 bits per heavy atom. The van der Waals surface area contributed by atoms with E-state index in [1.165, 1.54) is 6.42 Å². The molecule has 7 heteroatoms. The number of rotatable bonds is 11. The molecular weight excluding hydrogens is 362 g/mol. The summed E-state index contributed by atoms with van der Waals surface area (Å²) in [6.45, 7) is 15.6. The van der Waals surface area contributed by atoms with Gasteiger partial charge in [0.05, 0.1) is 6.54 Å². The maximum atomic E-state index is 4.73. The summed E-state index contributed by atoms with van der Waals surface area (Å²) in [4.78, 5) is 16.0. The smallest absolute Gasteiger partial charge is 0.191 e. The van der Waals surface area contributed by atoms with E-state index in [0.717, 1.165) is 55.8 Å². The van der Waals surface area contributed by atoms with Gasteiger partial charge in [-0.15, -0.1) is 0 Å². The third-order valence-electron chi connectivity index (χ3n) is 5.03. The second-order valence-corrected chi connectivity index (χ2v) is 7.28. The molecule has 0 saturated carbocycles. The van der Waals surface area contributed by atoms with Crippen LogP contribution >= 0.6 is 0 Å². The van der Waals surface area contributed by atoms with Gasteiger partial charge in [0, 0.05) is 31.2 Å². The van der Waals surface area contributed by atoms with E-state index >= 15 is 0 Å². The van der Waals surface area contributed by atoms with Crippen molar-refractivity contribution < 1.29 is 0 Å². The van der Waals surface area contributed by atoms with Gasteiger partial charge in [-0.2, -0.15) is 0 Å². The molecule has 0 fully saturated rings. The molecule has 0 saturated heterocycles. The van der Waals surface area contributed by atoms with Gasteiger partial charge in [0.15, 0.2) is 5.96 Å². The minimum atomic E-state index is 0.382. The number of imidazole rings is 1. The summed E-state index contributed by atoms with van der Waals surface area (Å²) < 4.78 is 1.97. The number of pyridine rings is 1. The fourth-order valence-electron chi connectivity index (χ4n) is 3.23. The van der Waals surface area contributed by atoms with Crippen LogP contribution in [0.3, 0.4) is 0 Å². The molecule has 0 aromatic carbocycles. The van der Waals surface area contributed by atoms with Gasteiger partial charge in [0.25, 0.3) is 0 Å². The second-order valence-electron chi connectivity index (χ2n) is 7.28. The Labute approximate surface area is 175 Å². The van der Waals surface area contributed by atoms with Crippen LogP contribution in [-0.4, -0.2) is 57.6 Å². The molecule has 7 nitrogen and oxygen atoms in total. The average molecular weight is 400 g/mol. The topological polar surface area (TPSA) is 70.4 Å². The van der Waals surface area contributed by atoms with Crippen molar-refractivity contribution in [1.29, 1.82) is 0 Å². The Bertz CT molecular complexity index is 732. The summed E-state index contributed by atoms with van der Waals surface area (Å²) >= 11 is 0. The van der Waals surface area contributed by atoms with Crippen LogP contribution in [0.5, 0.6) is 0 Å². The maximum Gasteiger partial charge on any atom is 0.191 e. The van der Waals surface area contributed by atoms with Crippen molar-refractivity contribution in [2.45, 2.75) is 60.0 Å². The van der Waals surface area contributed by atoms with Crippen molar-refractivity contribution in [3.63, 3.8) is 0 Å². The van der Waals surface area contributed by atoms with E-state index < -0.39 is 0 Å². The summed E-state index contributed by atoms with van der Waals surface area (Å²) in [5.74, 6) is 2.66. The molecule has 2 aromatic heterocycles. The predicted molar refractivity (Wildman–Crippen MR) is 121 cm³/mol. The number of guanidine groups is 1. The summed E-state index contributed by atoms with van der Waals surface area (Å²) in [6, 6.07) is 4.46. The molecule has 0 spiro atoms. The fraction of sp³-hybridized carbons (Fsp3) is 0.591. The normalized spacial score (nSPS) is 13.0. The standard InChI is InChI=1S/C22H37N7/c1-6-23-22(27-18(4)10-9-14-28(7-2)8-3)26-17-20-11-12-21(25-16-20)29-15-13-24-19(29)5/h11-13,15-16,18H,6-10,14,17H2,1-5H3,(H2,23,26,27). The summed E-state index contributed by atoms with van der Waals surface area (Å²) in [5.41, 5.74) is 1.08. The van der Waals surface area contributed by atoms with Crippen LogP contribution in [0.2, 0.25) is 0 Å². The molecule has 2 aromatic rings. The lowest BCUT2D eigenvalue weighted by atomic mass is 10.2. The molecule has 0 aliphatic heterocycles. The summed E-state index contributed by atoms with van der Waals surface area (Å²) in [6.07, 6.45) is 7.90. The van der Waals surface area contributed by atoms with E-state index in [-0.39, 0.29) is 0 Å². The van der Waals surface area contributed by atoms with Gasteiger partial charge >= 0.3 is 0 Å². The molecule has 0 amide bonds. The molecule has 160 valence electrons. The van der Waals surface area contributed by atoms with Crippen LogP contribution in [0.15, 0.2) is 35.7 Å². The first kappa shape index (κ1) is 22.9. The van der Waals surface area contributed by atoms with Crippen molar-refractivity contribution in [2.24, 2.45) is 4.99 Å². The van der Waals surface area contributed by atoms with E-state index in [2.05, 4.69) is 59.3 Å². The highest BCUT2D eigenvalue weighted by atomic mass is 15.2. The van der Waals surface area contributed by atoms with E-state index in [1.807, 2.05) is 30.0 Å². The molecule has 0 bridgehead atoms. The zero-order chi connectivity index (χ0) is 21.1. The SMILES string of the molecule is CCNC(=NCc1ccc(-n2ccnc2C)nc1)NC(C)CCCN(CC)CC. The highest BCUT2D eigenvalue weighted by Gasteiger charge is 2.07. The van der Waals surface area contributed by atoms with Crippen LogP contribution < -0.4 is 10.6 Å². The molecular formula is C22H37N7. The Balaban J connectivity index is 1.88. The molecule has 0 aliphatic carbocycles. The molecule has 0 radical (unpaired) electrons. The highest BCUT2D eigenvalue weighted by molar-refractivity contribution is 5.80. The molecule has 1 unspecified atom stereocenters. The monoisotopic (exact) mass is 399 g/mol. The lowest BCUT2D eigenvalue weighted by molar-refractivity contribution is 0.292. The molecule has 2 N–H and O–H groups in total. The van der Waals surface area contributed by atoms with E-state index in [9.17, 15) is 0 Å². The van der Waals surface area contributed by atoms with Gasteiger partial charge in [-0.3, -0.25) is 4.57 Å². The number of nitrogens with zero attached hydrogens (tertiary/aromatic N) is 5. The van der Waals surface area contributed by atoms with E-state index in [4.69, 9.17) is 4.99 Å². The quantitative estimate of drug-likeness (QED) is 0.449. The van der Waals surface area contributed by atoms with Crippen molar-refractivity contribution in [1.82, 2.24) is 30.1 Å². The van der Waals surface area contributed by atoms with Crippen molar-refractivity contribution >= 4 is 5.96 Å². The highest BCUT2D eigenvalue weighted by Crippen LogP contribution is 2.09. The molecule has 29 heavy (non-hydrogen) atoms. The summed E-state index contributed by atoms with van der Waals surface area (Å²) in [5, 5.41) is 6.87. The molecule has 1 atom stereocenters. The number of aryl methyl sites for hydroxylation is 1. The Kier molecular flexibility index (Phi) is 9.64. The number of hydrogen-bond acceptors (Lipinski definition) is 4. The Morgan fingerprint density at radius 1 is 1.21 bits per heavy atom. The van der Waals surface area contributed by atoms with Crippen molar-refractivity contribution in [2.75, 3.05) is 26.2 Å². The van der Waals surface area contributed by atoms with Crippen LogP contribution in [0, 0.1) is 6.92 Å². The van der Waals surface area contributed by atoms with Crippen LogP contribution in [0.25, 0.3) is 5.82 Å². The van der Waals surface area contributed by atoms with E-state index in [1.54, 1.807) is 6.20 Å². The first-order valence-electron chi connectivity index (χ1n) is 10.8. The van der Waals surface area contributed by atoms with Gasteiger partial charge in [0.1, 0.15) is 11.6 Å². The van der Waals surface area contributed by atoms with Crippen molar-refractivity contribution in [3.05, 3.63) is 42.1 Å². The minimum Gasteiger partial charge on any atom is -0.357 e. The maximum absolute atomic E-state index is 4.73. The molecule has 2 rings (SSSR count). The zero-order valence-corrected chi connectivity index (χ0v) is 18.6. The van der Waals surface area contributed by atoms with Gasteiger partial charge in [0.2, 0.25) is 0 Å². The number of aromatic nitrogens is 3. The largest absolute Gasteiger partial charge is 0.357 e. The zero-order valence-electron chi connectivity index (χ0n) is 18.6. The Hall–Kier alpha value is -2.41. The molecule has 2 heterocycles. The first-order valence-corrected chi connectivity index (χ1v) is 10.8. The summed E-state index contributed by atoms with van der Waals surface area (Å²) in [7, 11) is 0. The number of nitrogens with one attached hydrogen (secondary N) is 2. The van der Waals surface area contributed by atoms with Gasteiger partial charge < -0.3 is 15.5 Å².